The molecule has 102 valence electrons. The molecule has 1 heterocycles. The van der Waals surface area contributed by atoms with Crippen LogP contribution in [0.1, 0.15) is 31.7 Å². The number of aryl methyl sites for hydroxylation is 1. The third-order valence-corrected chi connectivity index (χ3v) is 3.44. The van der Waals surface area contributed by atoms with Crippen LogP contribution in [0, 0.1) is 0 Å². The first-order valence-electron chi connectivity index (χ1n) is 6.66. The van der Waals surface area contributed by atoms with E-state index < -0.39 is 0 Å². The molecule has 0 bridgehead atoms. The zero-order valence-corrected chi connectivity index (χ0v) is 12.1. The third-order valence-electron chi connectivity index (χ3n) is 3.44. The average molecular weight is 259 g/mol. The molecular weight excluding hydrogens is 238 g/mol. The first-order chi connectivity index (χ1) is 9.06. The highest BCUT2D eigenvalue weighted by Gasteiger charge is 2.16. The summed E-state index contributed by atoms with van der Waals surface area (Å²) in [7, 11) is 3.96. The van der Waals surface area contributed by atoms with Crippen molar-refractivity contribution in [3.05, 3.63) is 23.8 Å². The minimum absolute atomic E-state index is 0.465. The van der Waals surface area contributed by atoms with E-state index in [1.165, 1.54) is 11.1 Å². The Hall–Kier alpha value is -1.84. The number of hydrogen-bond donors (Lipinski definition) is 0. The van der Waals surface area contributed by atoms with Gasteiger partial charge in [0, 0.05) is 32.4 Å². The predicted molar refractivity (Wildman–Crippen MR) is 78.8 cm³/mol. The number of fused-ring (bicyclic) bond motifs is 1. The lowest BCUT2D eigenvalue weighted by Crippen LogP contribution is -2.19. The maximum Gasteiger partial charge on any atom is 0.158 e. The lowest BCUT2D eigenvalue weighted by molar-refractivity contribution is -0.107. The topological polar surface area (TPSA) is 38.1 Å². The molecule has 0 N–H and O–H groups in total. The van der Waals surface area contributed by atoms with Gasteiger partial charge >= 0.3 is 0 Å². The predicted octanol–water partition coefficient (Wildman–Crippen LogP) is 2.72. The van der Waals surface area contributed by atoms with Crippen molar-refractivity contribution < 1.29 is 4.79 Å². The Morgan fingerprint density at radius 3 is 2.79 bits per heavy atom. The second-order valence-corrected chi connectivity index (χ2v) is 5.22. The largest absolute Gasteiger partial charge is 0.357 e. The Morgan fingerprint density at radius 2 is 2.16 bits per heavy atom. The zero-order chi connectivity index (χ0) is 14.0. The molecule has 0 aliphatic carbocycles. The van der Waals surface area contributed by atoms with Crippen LogP contribution in [0.4, 0.5) is 5.82 Å². The normalized spacial score (nSPS) is 11.2. The highest BCUT2D eigenvalue weighted by atomic mass is 16.1. The SMILES string of the molecule is CC(C)c1cccc2c(N(C)CCC=O)nn(C)c12. The molecule has 2 rings (SSSR count). The van der Waals surface area contributed by atoms with Crippen LogP contribution in [0.25, 0.3) is 10.9 Å². The minimum Gasteiger partial charge on any atom is -0.357 e. The zero-order valence-electron chi connectivity index (χ0n) is 12.1. The Morgan fingerprint density at radius 1 is 1.42 bits per heavy atom. The quantitative estimate of drug-likeness (QED) is 0.775. The average Bonchev–Trinajstić information content (AvgIpc) is 2.73. The van der Waals surface area contributed by atoms with E-state index in [4.69, 9.17) is 0 Å². The molecule has 19 heavy (non-hydrogen) atoms. The number of aldehydes is 1. The molecule has 4 heteroatoms. The standard InChI is InChI=1S/C15H21N3O/c1-11(2)12-7-5-8-13-14(12)18(4)16-15(13)17(3)9-6-10-19/h5,7-8,10-11H,6,9H2,1-4H3. The van der Waals surface area contributed by atoms with Crippen molar-refractivity contribution >= 4 is 23.0 Å². The van der Waals surface area contributed by atoms with Gasteiger partial charge in [-0.3, -0.25) is 4.68 Å². The molecule has 0 radical (unpaired) electrons. The van der Waals surface area contributed by atoms with Crippen molar-refractivity contribution in [1.82, 2.24) is 9.78 Å². The molecule has 0 amide bonds. The number of anilines is 1. The van der Waals surface area contributed by atoms with Gasteiger partial charge in [-0.15, -0.1) is 0 Å². The first-order valence-corrected chi connectivity index (χ1v) is 6.66. The number of carbonyl (C=O) groups is 1. The summed E-state index contributed by atoms with van der Waals surface area (Å²) in [4.78, 5) is 12.5. The molecule has 0 saturated heterocycles. The van der Waals surface area contributed by atoms with Crippen LogP contribution < -0.4 is 4.90 Å². The van der Waals surface area contributed by atoms with Gasteiger partial charge in [-0.25, -0.2) is 0 Å². The number of carbonyl (C=O) groups excluding carboxylic acids is 1. The van der Waals surface area contributed by atoms with E-state index in [-0.39, 0.29) is 0 Å². The third kappa shape index (κ3) is 2.48. The Kier molecular flexibility index (Phi) is 3.88. The van der Waals surface area contributed by atoms with Crippen LogP contribution in [0.5, 0.6) is 0 Å². The molecule has 0 fully saturated rings. The highest BCUT2D eigenvalue weighted by Crippen LogP contribution is 2.30. The van der Waals surface area contributed by atoms with E-state index in [0.29, 0.717) is 18.9 Å². The molecule has 0 aliphatic rings. The summed E-state index contributed by atoms with van der Waals surface area (Å²) in [6.07, 6.45) is 1.47. The molecule has 1 aromatic heterocycles. The summed E-state index contributed by atoms with van der Waals surface area (Å²) in [6.45, 7) is 5.08. The number of nitrogens with zero attached hydrogens (tertiary/aromatic N) is 3. The molecule has 0 unspecified atom stereocenters. The van der Waals surface area contributed by atoms with Gasteiger partial charge in [0.15, 0.2) is 5.82 Å². The van der Waals surface area contributed by atoms with Gasteiger partial charge in [0.1, 0.15) is 6.29 Å². The van der Waals surface area contributed by atoms with E-state index in [1.54, 1.807) is 0 Å². The molecular formula is C15H21N3O. The molecule has 1 aromatic carbocycles. The van der Waals surface area contributed by atoms with E-state index in [9.17, 15) is 4.79 Å². The van der Waals surface area contributed by atoms with E-state index >= 15 is 0 Å². The monoisotopic (exact) mass is 259 g/mol. The highest BCUT2D eigenvalue weighted by molar-refractivity contribution is 5.93. The molecule has 4 nitrogen and oxygen atoms in total. The Balaban J connectivity index is 2.53. The van der Waals surface area contributed by atoms with Crippen molar-refractivity contribution in [2.75, 3.05) is 18.5 Å². The van der Waals surface area contributed by atoms with Gasteiger partial charge in [0.25, 0.3) is 0 Å². The first kappa shape index (κ1) is 13.6. The van der Waals surface area contributed by atoms with Crippen molar-refractivity contribution in [3.63, 3.8) is 0 Å². The van der Waals surface area contributed by atoms with Gasteiger partial charge in [-0.2, -0.15) is 5.10 Å². The van der Waals surface area contributed by atoms with Crippen LogP contribution in [-0.2, 0) is 11.8 Å². The minimum atomic E-state index is 0.465. The Labute approximate surface area is 114 Å². The summed E-state index contributed by atoms with van der Waals surface area (Å²) in [5.41, 5.74) is 2.49. The number of hydrogen-bond acceptors (Lipinski definition) is 3. The maximum atomic E-state index is 10.5. The smallest absolute Gasteiger partial charge is 0.158 e. The van der Waals surface area contributed by atoms with Gasteiger partial charge in [-0.05, 0) is 17.5 Å². The van der Waals surface area contributed by atoms with Gasteiger partial charge < -0.3 is 9.69 Å². The lowest BCUT2D eigenvalue weighted by atomic mass is 10.0. The van der Waals surface area contributed by atoms with Crippen LogP contribution in [0.15, 0.2) is 18.2 Å². The molecule has 0 saturated carbocycles. The summed E-state index contributed by atoms with van der Waals surface area (Å²) < 4.78 is 1.94. The van der Waals surface area contributed by atoms with Crippen molar-refractivity contribution in [1.29, 1.82) is 0 Å². The fourth-order valence-corrected chi connectivity index (χ4v) is 2.45. The molecule has 0 aliphatic heterocycles. The van der Waals surface area contributed by atoms with Gasteiger partial charge in [0.2, 0.25) is 0 Å². The van der Waals surface area contributed by atoms with Crippen molar-refractivity contribution in [2.24, 2.45) is 7.05 Å². The number of para-hydroxylation sites is 1. The Bertz CT molecular complexity index is 586. The fraction of sp³-hybridized carbons (Fsp3) is 0.467. The number of rotatable bonds is 5. The lowest BCUT2D eigenvalue weighted by Gasteiger charge is -2.15. The molecule has 0 spiro atoms. The number of aromatic nitrogens is 2. The van der Waals surface area contributed by atoms with Crippen molar-refractivity contribution in [2.45, 2.75) is 26.2 Å². The maximum absolute atomic E-state index is 10.5. The van der Waals surface area contributed by atoms with Crippen molar-refractivity contribution in [3.8, 4) is 0 Å². The van der Waals surface area contributed by atoms with Crippen LogP contribution in [-0.4, -0.2) is 29.7 Å². The van der Waals surface area contributed by atoms with E-state index in [2.05, 4.69) is 37.1 Å². The number of benzene rings is 1. The molecule has 0 atom stereocenters. The molecule has 2 aromatic rings. The van der Waals surface area contributed by atoms with Crippen LogP contribution in [0.2, 0.25) is 0 Å². The second kappa shape index (κ2) is 5.43. The van der Waals surface area contributed by atoms with E-state index in [1.807, 2.05) is 23.7 Å². The summed E-state index contributed by atoms with van der Waals surface area (Å²) >= 11 is 0. The van der Waals surface area contributed by atoms with Gasteiger partial charge in [-0.1, -0.05) is 26.0 Å². The summed E-state index contributed by atoms with van der Waals surface area (Å²) in [6, 6.07) is 6.33. The van der Waals surface area contributed by atoms with Crippen LogP contribution in [0.3, 0.4) is 0 Å². The second-order valence-electron chi connectivity index (χ2n) is 5.22. The summed E-state index contributed by atoms with van der Waals surface area (Å²) in [5, 5.41) is 5.77. The fourth-order valence-electron chi connectivity index (χ4n) is 2.45. The van der Waals surface area contributed by atoms with E-state index in [0.717, 1.165) is 17.5 Å². The van der Waals surface area contributed by atoms with Crippen LogP contribution >= 0.6 is 0 Å². The van der Waals surface area contributed by atoms with Gasteiger partial charge in [0.05, 0.1) is 5.52 Å². The summed E-state index contributed by atoms with van der Waals surface area (Å²) in [5.74, 6) is 1.41.